The van der Waals surface area contributed by atoms with Crippen molar-refractivity contribution >= 4 is 11.6 Å². The predicted molar refractivity (Wildman–Crippen MR) is 106 cm³/mol. The summed E-state index contributed by atoms with van der Waals surface area (Å²) in [5, 5.41) is 0. The molecule has 9 heteroatoms. The van der Waals surface area contributed by atoms with Crippen LogP contribution in [0.25, 0.3) is 0 Å². The third-order valence-electron chi connectivity index (χ3n) is 4.41. The lowest BCUT2D eigenvalue weighted by atomic mass is 9.98. The molecule has 1 heterocycles. The molecule has 0 radical (unpaired) electrons. The minimum atomic E-state index is -4.60. The van der Waals surface area contributed by atoms with Gasteiger partial charge in [-0.3, -0.25) is 9.59 Å². The summed E-state index contributed by atoms with van der Waals surface area (Å²) in [5.74, 6) is 1.72. The molecule has 166 valence electrons. The van der Waals surface area contributed by atoms with Gasteiger partial charge in [0, 0.05) is 24.0 Å². The van der Waals surface area contributed by atoms with Gasteiger partial charge in [0.05, 0.1) is 19.8 Å². The average molecular weight is 438 g/mol. The first-order valence-corrected chi connectivity index (χ1v) is 9.16. The van der Waals surface area contributed by atoms with Crippen LogP contribution in [0.15, 0.2) is 29.4 Å². The van der Waals surface area contributed by atoms with Gasteiger partial charge in [-0.05, 0) is 25.1 Å². The summed E-state index contributed by atoms with van der Waals surface area (Å²) in [6, 6.07) is 1.43. The largest absolute Gasteiger partial charge is 0.492 e. The van der Waals surface area contributed by atoms with Crippen molar-refractivity contribution in [2.75, 3.05) is 27.4 Å². The first-order valence-electron chi connectivity index (χ1n) is 9.16. The fourth-order valence-corrected chi connectivity index (χ4v) is 2.85. The highest BCUT2D eigenvalue weighted by Gasteiger charge is 2.31. The number of hydrogen-bond acceptors (Lipinski definition) is 6. The molecular weight excluding hydrogens is 417 g/mol. The van der Waals surface area contributed by atoms with Gasteiger partial charge in [0.1, 0.15) is 13.2 Å². The van der Waals surface area contributed by atoms with Gasteiger partial charge >= 0.3 is 6.18 Å². The Bertz CT molecular complexity index is 967. The van der Waals surface area contributed by atoms with Crippen LogP contribution < -0.4 is 18.9 Å². The Morgan fingerprint density at radius 1 is 1.16 bits per heavy atom. The first-order chi connectivity index (χ1) is 14.6. The van der Waals surface area contributed by atoms with E-state index in [4.69, 9.17) is 25.4 Å². The molecule has 1 aromatic carbocycles. The summed E-state index contributed by atoms with van der Waals surface area (Å²) in [5.41, 5.74) is -1.19. The van der Waals surface area contributed by atoms with E-state index in [0.29, 0.717) is 18.4 Å². The van der Waals surface area contributed by atoms with E-state index in [0.717, 1.165) is 13.0 Å². The van der Waals surface area contributed by atoms with Crippen molar-refractivity contribution < 1.29 is 41.7 Å². The molecule has 1 aromatic rings. The van der Waals surface area contributed by atoms with Crippen LogP contribution in [-0.2, 0) is 4.79 Å². The number of methoxy groups -OCH3 is 2. The number of carbonyl (C=O) groups is 2. The summed E-state index contributed by atoms with van der Waals surface area (Å²) in [7, 11) is 2.72. The van der Waals surface area contributed by atoms with Gasteiger partial charge in [-0.2, -0.15) is 13.2 Å². The van der Waals surface area contributed by atoms with E-state index in [1.807, 2.05) is 5.92 Å². The quantitative estimate of drug-likeness (QED) is 0.264. The zero-order chi connectivity index (χ0) is 23.2. The van der Waals surface area contributed by atoms with Gasteiger partial charge in [-0.25, -0.2) is 0 Å². The minimum absolute atomic E-state index is 0.0980. The number of alkyl halides is 3. The lowest BCUT2D eigenvalue weighted by Gasteiger charge is -2.23. The maximum atomic E-state index is 12.8. The van der Waals surface area contributed by atoms with Gasteiger partial charge in [0.2, 0.25) is 11.5 Å². The van der Waals surface area contributed by atoms with Crippen LogP contribution in [0, 0.1) is 12.3 Å². The normalized spacial score (nSPS) is 14.0. The number of rotatable bonds is 8. The lowest BCUT2D eigenvalue weighted by molar-refractivity contribution is -0.115. The monoisotopic (exact) mass is 438 g/mol. The van der Waals surface area contributed by atoms with Crippen molar-refractivity contribution in [3.8, 4) is 35.3 Å². The van der Waals surface area contributed by atoms with E-state index < -0.39 is 23.3 Å². The van der Waals surface area contributed by atoms with E-state index in [1.54, 1.807) is 0 Å². The number of ether oxygens (including phenoxy) is 4. The number of terminal acetylenes is 1. The molecule has 0 spiro atoms. The predicted octanol–water partition coefficient (Wildman–Crippen LogP) is 4.08. The highest BCUT2D eigenvalue weighted by atomic mass is 19.4. The number of benzene rings is 1. The summed E-state index contributed by atoms with van der Waals surface area (Å²) < 4.78 is 60.0. The zero-order valence-corrected chi connectivity index (χ0v) is 17.2. The van der Waals surface area contributed by atoms with Crippen molar-refractivity contribution in [3.05, 3.63) is 34.9 Å². The second kappa shape index (κ2) is 10.1. The van der Waals surface area contributed by atoms with Gasteiger partial charge in [-0.15, -0.1) is 6.42 Å². The fraction of sp³-hybridized carbons (Fsp3) is 0.364. The van der Waals surface area contributed by atoms with Crippen LogP contribution in [0.3, 0.4) is 0 Å². The van der Waals surface area contributed by atoms with Gasteiger partial charge in [0.15, 0.2) is 23.1 Å². The molecule has 1 aliphatic heterocycles. The molecule has 0 aromatic heterocycles. The number of Topliss-reactive ketones (excluding diaryl/α,β-unsaturated/α-hetero) is 2. The zero-order valence-electron chi connectivity index (χ0n) is 17.2. The second-order valence-electron chi connectivity index (χ2n) is 6.45. The maximum Gasteiger partial charge on any atom is 0.412 e. The Kier molecular flexibility index (Phi) is 7.75. The molecule has 0 N–H and O–H groups in total. The van der Waals surface area contributed by atoms with E-state index in [2.05, 4.69) is 0 Å². The summed E-state index contributed by atoms with van der Waals surface area (Å²) >= 11 is 0. The molecule has 0 fully saturated rings. The molecule has 6 nitrogen and oxygen atoms in total. The number of halogens is 3. The van der Waals surface area contributed by atoms with Crippen molar-refractivity contribution in [1.82, 2.24) is 0 Å². The second-order valence-corrected chi connectivity index (χ2v) is 6.45. The molecule has 0 atom stereocenters. The molecule has 0 amide bonds. The number of fused-ring (bicyclic) bond motifs is 1. The smallest absolute Gasteiger partial charge is 0.412 e. The Balaban J connectivity index is 2.26. The molecule has 2 rings (SSSR count). The van der Waals surface area contributed by atoms with Crippen LogP contribution in [0.4, 0.5) is 13.2 Å². The van der Waals surface area contributed by atoms with E-state index >= 15 is 0 Å². The number of hydrogen-bond donors (Lipinski definition) is 0. The van der Waals surface area contributed by atoms with Gasteiger partial charge in [0.25, 0.3) is 0 Å². The van der Waals surface area contributed by atoms with Crippen molar-refractivity contribution in [3.63, 3.8) is 0 Å². The van der Waals surface area contributed by atoms with Crippen LogP contribution >= 0.6 is 0 Å². The topological polar surface area (TPSA) is 71.1 Å². The summed E-state index contributed by atoms with van der Waals surface area (Å²) in [6.45, 7) is 1.40. The Morgan fingerprint density at radius 2 is 1.81 bits per heavy atom. The lowest BCUT2D eigenvalue weighted by Crippen LogP contribution is -2.17. The molecule has 31 heavy (non-hydrogen) atoms. The molecular formula is C22H21F3O6. The number of ketones is 2. The maximum absolute atomic E-state index is 12.8. The SMILES string of the molecule is C#C/C=C(\C=C(/C)C(F)(F)F)C(=O)CCC(=O)c1cc2c(c(OC)c1OC)OCCO2. The summed E-state index contributed by atoms with van der Waals surface area (Å²) in [6.07, 6.45) is 1.48. The summed E-state index contributed by atoms with van der Waals surface area (Å²) in [4.78, 5) is 25.2. The number of allylic oxidation sites excluding steroid dienone is 4. The van der Waals surface area contributed by atoms with Crippen LogP contribution in [0.1, 0.15) is 30.1 Å². The highest BCUT2D eigenvalue weighted by molar-refractivity contribution is 6.05. The standard InChI is InChI=1S/C22H21F3O6/c1-5-6-14(11-13(2)22(23,24)25)16(26)7-8-17(27)15-12-18-20(31-10-9-30-18)21(29-4)19(15)28-3/h1,6,11-12H,7-10H2,2-4H3/b13-11+,14-6+. The van der Waals surface area contributed by atoms with Crippen LogP contribution in [0.2, 0.25) is 0 Å². The number of carbonyl (C=O) groups excluding carboxylic acids is 2. The molecule has 0 bridgehead atoms. The fourth-order valence-electron chi connectivity index (χ4n) is 2.85. The van der Waals surface area contributed by atoms with E-state index in [9.17, 15) is 22.8 Å². The van der Waals surface area contributed by atoms with E-state index in [-0.39, 0.29) is 47.8 Å². The van der Waals surface area contributed by atoms with Crippen molar-refractivity contribution in [2.24, 2.45) is 0 Å². The third-order valence-corrected chi connectivity index (χ3v) is 4.41. The highest BCUT2D eigenvalue weighted by Crippen LogP contribution is 2.48. The molecule has 1 aliphatic rings. The third kappa shape index (κ3) is 5.60. The molecule has 0 unspecified atom stereocenters. The van der Waals surface area contributed by atoms with E-state index in [1.165, 1.54) is 20.3 Å². The van der Waals surface area contributed by atoms with Crippen molar-refractivity contribution in [1.29, 1.82) is 0 Å². The average Bonchev–Trinajstić information content (AvgIpc) is 2.74. The van der Waals surface area contributed by atoms with Crippen molar-refractivity contribution in [2.45, 2.75) is 25.9 Å². The Labute approximate surface area is 177 Å². The van der Waals surface area contributed by atoms with Crippen LogP contribution in [0.5, 0.6) is 23.0 Å². The van der Waals surface area contributed by atoms with Crippen LogP contribution in [-0.4, -0.2) is 45.2 Å². The Morgan fingerprint density at radius 3 is 2.39 bits per heavy atom. The molecule has 0 saturated heterocycles. The first kappa shape index (κ1) is 23.9. The minimum Gasteiger partial charge on any atom is -0.492 e. The molecule has 0 aliphatic carbocycles. The van der Waals surface area contributed by atoms with Gasteiger partial charge in [-0.1, -0.05) is 5.92 Å². The van der Waals surface area contributed by atoms with Gasteiger partial charge < -0.3 is 18.9 Å². The Hall–Kier alpha value is -3.41. The molecule has 0 saturated carbocycles.